The topological polar surface area (TPSA) is 45.6 Å². The maximum atomic E-state index is 11.2. The average molecular weight is 405 g/mol. The Hall–Kier alpha value is -1.17. The van der Waals surface area contributed by atoms with Crippen LogP contribution in [0.1, 0.15) is 31.4 Å². The molecule has 1 N–H and O–H groups in total. The lowest BCUT2D eigenvalue weighted by Gasteiger charge is -2.52. The van der Waals surface area contributed by atoms with E-state index in [9.17, 15) is 5.11 Å². The fourth-order valence-electron chi connectivity index (χ4n) is 4.70. The lowest BCUT2D eigenvalue weighted by Crippen LogP contribution is -2.56. The first-order valence-corrected chi connectivity index (χ1v) is 9.99. The van der Waals surface area contributed by atoms with Crippen LogP contribution in [0, 0.1) is 11.8 Å². The van der Waals surface area contributed by atoms with E-state index in [0.29, 0.717) is 16.7 Å². The molecule has 0 radical (unpaired) electrons. The number of fused-ring (bicyclic) bond motifs is 4. The van der Waals surface area contributed by atoms with Gasteiger partial charge in [0.05, 0.1) is 18.7 Å². The molecule has 0 amide bonds. The van der Waals surface area contributed by atoms with Gasteiger partial charge in [0, 0.05) is 29.0 Å². The average Bonchev–Trinajstić information content (AvgIpc) is 2.66. The van der Waals surface area contributed by atoms with Crippen LogP contribution in [0.2, 0.25) is 0 Å². The molecule has 3 aliphatic heterocycles. The molecule has 0 aliphatic carbocycles. The van der Waals surface area contributed by atoms with Crippen LogP contribution in [-0.2, 0) is 0 Å². The summed E-state index contributed by atoms with van der Waals surface area (Å²) >= 11 is 3.78. The summed E-state index contributed by atoms with van der Waals surface area (Å²) in [6.07, 6.45) is 3.62. The van der Waals surface area contributed by atoms with Gasteiger partial charge < -0.3 is 9.84 Å². The molecule has 0 spiro atoms. The molecule has 4 nitrogen and oxygen atoms in total. The molecule has 3 saturated heterocycles. The Morgan fingerprint density at radius 2 is 2.20 bits per heavy atom. The molecule has 25 heavy (non-hydrogen) atoms. The SMILES string of the molecule is COc1ccc2nccc([C@H](O)[C@H]3C[C@@H]4CCN3C[C@@H]4[C@H](C)Br)c2c1. The van der Waals surface area contributed by atoms with Crippen LogP contribution >= 0.6 is 15.9 Å². The highest BCUT2D eigenvalue weighted by Crippen LogP contribution is 2.44. The largest absolute Gasteiger partial charge is 0.497 e. The molecule has 1 aromatic carbocycles. The number of ether oxygens (including phenoxy) is 1. The molecule has 4 heterocycles. The van der Waals surface area contributed by atoms with Crippen LogP contribution in [0.4, 0.5) is 0 Å². The van der Waals surface area contributed by atoms with E-state index in [1.54, 1.807) is 13.3 Å². The number of hydrogen-bond donors (Lipinski definition) is 1. The number of alkyl halides is 1. The number of methoxy groups -OCH3 is 1. The molecular weight excluding hydrogens is 380 g/mol. The van der Waals surface area contributed by atoms with E-state index in [4.69, 9.17) is 4.74 Å². The molecule has 134 valence electrons. The van der Waals surface area contributed by atoms with Gasteiger partial charge in [0.1, 0.15) is 5.75 Å². The highest BCUT2D eigenvalue weighted by molar-refractivity contribution is 9.09. The number of hydrogen-bond acceptors (Lipinski definition) is 4. The quantitative estimate of drug-likeness (QED) is 0.787. The minimum Gasteiger partial charge on any atom is -0.497 e. The first-order valence-electron chi connectivity index (χ1n) is 9.07. The molecule has 5 rings (SSSR count). The second-order valence-electron chi connectivity index (χ2n) is 7.42. The standard InChI is InChI=1S/C20H25BrN2O2/c1-12(21)17-11-23-8-6-13(17)9-19(23)20(24)15-5-7-22-18-4-3-14(25-2)10-16(15)18/h3-5,7,10,12-13,17,19-20,24H,6,8-9,11H2,1-2H3/t12-,13-,17+,19+,20-/m0/s1. The third-order valence-electron chi connectivity index (χ3n) is 6.11. The molecular formula is C20H25BrN2O2. The normalized spacial score (nSPS) is 31.0. The minimum atomic E-state index is -0.494. The van der Waals surface area contributed by atoms with E-state index < -0.39 is 6.10 Å². The van der Waals surface area contributed by atoms with Gasteiger partial charge in [-0.25, -0.2) is 0 Å². The van der Waals surface area contributed by atoms with Gasteiger partial charge in [-0.2, -0.15) is 0 Å². The smallest absolute Gasteiger partial charge is 0.119 e. The van der Waals surface area contributed by atoms with Gasteiger partial charge >= 0.3 is 0 Å². The molecule has 3 aliphatic rings. The number of pyridine rings is 1. The van der Waals surface area contributed by atoms with Crippen molar-refractivity contribution < 1.29 is 9.84 Å². The Kier molecular flexibility index (Phi) is 4.73. The summed E-state index contributed by atoms with van der Waals surface area (Å²) in [4.78, 5) is 7.46. The van der Waals surface area contributed by atoms with Crippen LogP contribution in [0.3, 0.4) is 0 Å². The van der Waals surface area contributed by atoms with Crippen molar-refractivity contribution in [2.45, 2.75) is 36.7 Å². The molecule has 0 saturated carbocycles. The maximum absolute atomic E-state index is 11.2. The molecule has 6 atom stereocenters. The zero-order valence-electron chi connectivity index (χ0n) is 14.7. The van der Waals surface area contributed by atoms with Gasteiger partial charge in [0.25, 0.3) is 0 Å². The highest BCUT2D eigenvalue weighted by Gasteiger charge is 2.44. The number of rotatable bonds is 4. The van der Waals surface area contributed by atoms with Crippen molar-refractivity contribution >= 4 is 26.8 Å². The number of halogens is 1. The molecule has 5 heteroatoms. The van der Waals surface area contributed by atoms with E-state index in [-0.39, 0.29) is 6.04 Å². The van der Waals surface area contributed by atoms with E-state index in [1.165, 1.54) is 6.42 Å². The van der Waals surface area contributed by atoms with Gasteiger partial charge in [-0.1, -0.05) is 22.9 Å². The molecule has 1 unspecified atom stereocenters. The van der Waals surface area contributed by atoms with Crippen molar-refractivity contribution in [2.75, 3.05) is 20.2 Å². The Labute approximate surface area is 157 Å². The number of piperidine rings is 3. The number of aliphatic hydroxyl groups excluding tert-OH is 1. The summed E-state index contributed by atoms with van der Waals surface area (Å²) in [5.74, 6) is 2.18. The monoisotopic (exact) mass is 404 g/mol. The first kappa shape index (κ1) is 17.3. The van der Waals surface area contributed by atoms with Gasteiger partial charge in [0.15, 0.2) is 0 Å². The van der Waals surface area contributed by atoms with Gasteiger partial charge in [-0.3, -0.25) is 9.88 Å². The summed E-state index contributed by atoms with van der Waals surface area (Å²) in [5.41, 5.74) is 1.87. The van der Waals surface area contributed by atoms with E-state index in [1.807, 2.05) is 24.3 Å². The zero-order chi connectivity index (χ0) is 17.6. The predicted molar refractivity (Wildman–Crippen MR) is 103 cm³/mol. The summed E-state index contributed by atoms with van der Waals surface area (Å²) in [6, 6.07) is 8.01. The lowest BCUT2D eigenvalue weighted by molar-refractivity contribution is -0.0544. The predicted octanol–water partition coefficient (Wildman–Crippen LogP) is 3.77. The van der Waals surface area contributed by atoms with Crippen molar-refractivity contribution in [1.82, 2.24) is 9.88 Å². The molecule has 2 aromatic rings. The Balaban J connectivity index is 1.66. The van der Waals surface area contributed by atoms with E-state index >= 15 is 0 Å². The third kappa shape index (κ3) is 3.07. The number of benzene rings is 1. The Morgan fingerprint density at radius 1 is 1.36 bits per heavy atom. The fourth-order valence-corrected chi connectivity index (χ4v) is 5.30. The van der Waals surface area contributed by atoms with Crippen LogP contribution in [-0.4, -0.2) is 46.1 Å². The third-order valence-corrected chi connectivity index (χ3v) is 6.79. The van der Waals surface area contributed by atoms with Crippen molar-refractivity contribution in [3.8, 4) is 5.75 Å². The number of nitrogens with zero attached hydrogens (tertiary/aromatic N) is 2. The number of aliphatic hydroxyl groups is 1. The Bertz CT molecular complexity index is 766. The van der Waals surface area contributed by atoms with Crippen LogP contribution in [0.25, 0.3) is 10.9 Å². The maximum Gasteiger partial charge on any atom is 0.119 e. The molecule has 2 bridgehead atoms. The van der Waals surface area contributed by atoms with Crippen molar-refractivity contribution in [3.63, 3.8) is 0 Å². The Morgan fingerprint density at radius 3 is 2.88 bits per heavy atom. The van der Waals surface area contributed by atoms with Crippen molar-refractivity contribution in [3.05, 3.63) is 36.0 Å². The summed E-state index contributed by atoms with van der Waals surface area (Å²) in [5, 5.41) is 12.2. The van der Waals surface area contributed by atoms with E-state index in [2.05, 4.69) is 32.7 Å². The second-order valence-corrected chi connectivity index (χ2v) is 8.86. The summed E-state index contributed by atoms with van der Waals surface area (Å²) in [6.45, 7) is 4.42. The van der Waals surface area contributed by atoms with Crippen LogP contribution in [0.5, 0.6) is 5.75 Å². The van der Waals surface area contributed by atoms with Crippen LogP contribution < -0.4 is 4.74 Å². The van der Waals surface area contributed by atoms with Crippen LogP contribution in [0.15, 0.2) is 30.5 Å². The number of aromatic nitrogens is 1. The second kappa shape index (κ2) is 6.86. The van der Waals surface area contributed by atoms with Gasteiger partial charge in [-0.15, -0.1) is 0 Å². The summed E-state index contributed by atoms with van der Waals surface area (Å²) < 4.78 is 5.37. The summed E-state index contributed by atoms with van der Waals surface area (Å²) in [7, 11) is 1.67. The van der Waals surface area contributed by atoms with Crippen molar-refractivity contribution in [1.29, 1.82) is 0 Å². The zero-order valence-corrected chi connectivity index (χ0v) is 16.3. The van der Waals surface area contributed by atoms with Gasteiger partial charge in [-0.05, 0) is 61.1 Å². The van der Waals surface area contributed by atoms with Gasteiger partial charge in [0.2, 0.25) is 0 Å². The lowest BCUT2D eigenvalue weighted by atomic mass is 9.72. The van der Waals surface area contributed by atoms with E-state index in [0.717, 1.165) is 41.7 Å². The molecule has 3 fully saturated rings. The fraction of sp³-hybridized carbons (Fsp3) is 0.550. The first-order chi connectivity index (χ1) is 12.1. The molecule has 1 aromatic heterocycles. The highest BCUT2D eigenvalue weighted by atomic mass is 79.9. The minimum absolute atomic E-state index is 0.193. The van der Waals surface area contributed by atoms with Crippen molar-refractivity contribution in [2.24, 2.45) is 11.8 Å².